The number of carbonyl (C=O) groups excluding carboxylic acids is 1. The van der Waals surface area contributed by atoms with Gasteiger partial charge in [-0.05, 0) is 75.9 Å². The van der Waals surface area contributed by atoms with Gasteiger partial charge in [-0.1, -0.05) is 17.4 Å². The van der Waals surface area contributed by atoms with Crippen LogP contribution < -0.4 is 0 Å². The number of thiazole rings is 1. The van der Waals surface area contributed by atoms with Crippen LogP contribution in [0.3, 0.4) is 0 Å². The highest BCUT2D eigenvalue weighted by molar-refractivity contribution is 7.23. The number of imidazole rings is 1. The van der Waals surface area contributed by atoms with Gasteiger partial charge in [-0.15, -0.1) is 0 Å². The quantitative estimate of drug-likeness (QED) is 0.354. The van der Waals surface area contributed by atoms with E-state index in [1.54, 1.807) is 30.2 Å². The molecule has 1 atom stereocenters. The van der Waals surface area contributed by atoms with E-state index in [-0.39, 0.29) is 17.7 Å². The summed E-state index contributed by atoms with van der Waals surface area (Å²) < 4.78 is 23.5. The molecule has 1 saturated heterocycles. The van der Waals surface area contributed by atoms with E-state index in [9.17, 15) is 14.7 Å². The van der Waals surface area contributed by atoms with Crippen molar-refractivity contribution in [3.8, 4) is 11.3 Å². The van der Waals surface area contributed by atoms with Crippen molar-refractivity contribution in [2.45, 2.75) is 52.2 Å². The summed E-state index contributed by atoms with van der Waals surface area (Å²) in [5, 5.41) is 9.38. The highest BCUT2D eigenvalue weighted by Crippen LogP contribution is 2.36. The van der Waals surface area contributed by atoms with Gasteiger partial charge in [0.15, 0.2) is 4.96 Å². The van der Waals surface area contributed by atoms with Crippen LogP contribution in [-0.2, 0) is 4.74 Å². The smallest absolute Gasteiger partial charge is 0.410 e. The van der Waals surface area contributed by atoms with Gasteiger partial charge in [0.05, 0.1) is 27.5 Å². The van der Waals surface area contributed by atoms with E-state index in [0.717, 1.165) is 28.6 Å². The number of hydrogen-bond acceptors (Lipinski definition) is 5. The molecule has 9 heteroatoms. The number of aromatic nitrogens is 2. The molecule has 2 aromatic heterocycles. The predicted molar refractivity (Wildman–Crippen MR) is 133 cm³/mol. The normalized spacial score (nSPS) is 16.4. The van der Waals surface area contributed by atoms with Crippen molar-refractivity contribution in [1.29, 1.82) is 0 Å². The summed E-state index contributed by atoms with van der Waals surface area (Å²) in [6, 6.07) is 8.28. The first-order valence-electron chi connectivity index (χ1n) is 11.5. The Morgan fingerprint density at radius 1 is 1.23 bits per heavy atom. The summed E-state index contributed by atoms with van der Waals surface area (Å²) in [6.45, 7) is 7.82. The van der Waals surface area contributed by atoms with Gasteiger partial charge in [0, 0.05) is 18.3 Å². The molecular formula is C26H26FN3O4S. The van der Waals surface area contributed by atoms with Gasteiger partial charge in [-0.3, -0.25) is 4.40 Å². The van der Waals surface area contributed by atoms with E-state index in [1.807, 2.05) is 37.3 Å². The first kappa shape index (κ1) is 23.3. The van der Waals surface area contributed by atoms with Gasteiger partial charge < -0.3 is 14.7 Å². The standard InChI is InChI=1S/C26H26FN3O4S/c1-14-10-21-22(12-17(14)23(31)32)35-24-28-19(13-30(21)24)16-8-7-15(11-18(16)27)20-6-5-9-29(20)25(33)34-26(2,3)4/h7-8,10-13,20H,5-6,9H2,1-4H3,(H,31,32)/t20-/m0/s1. The Balaban J connectivity index is 1.46. The fourth-order valence-electron chi connectivity index (χ4n) is 4.61. The van der Waals surface area contributed by atoms with Crippen molar-refractivity contribution in [3.63, 3.8) is 0 Å². The van der Waals surface area contributed by atoms with Crippen molar-refractivity contribution in [3.05, 3.63) is 59.0 Å². The topological polar surface area (TPSA) is 84.1 Å². The highest BCUT2D eigenvalue weighted by Gasteiger charge is 2.33. The predicted octanol–water partition coefficient (Wildman–Crippen LogP) is 6.43. The zero-order valence-corrected chi connectivity index (χ0v) is 20.8. The second-order valence-electron chi connectivity index (χ2n) is 9.89. The molecule has 1 N–H and O–H groups in total. The molecule has 0 aliphatic carbocycles. The Kier molecular flexibility index (Phi) is 5.55. The molecule has 1 aliphatic heterocycles. The molecule has 0 unspecified atom stereocenters. The summed E-state index contributed by atoms with van der Waals surface area (Å²) in [7, 11) is 0. The van der Waals surface area contributed by atoms with Crippen LogP contribution in [0.5, 0.6) is 0 Å². The van der Waals surface area contributed by atoms with E-state index in [1.165, 1.54) is 17.4 Å². The summed E-state index contributed by atoms with van der Waals surface area (Å²) >= 11 is 1.36. The summed E-state index contributed by atoms with van der Waals surface area (Å²) in [5.74, 6) is -1.37. The molecule has 182 valence electrons. The number of carboxylic acids is 1. The molecule has 1 aliphatic rings. The van der Waals surface area contributed by atoms with E-state index < -0.39 is 17.4 Å². The summed E-state index contributed by atoms with van der Waals surface area (Å²) in [4.78, 5) is 31.0. The van der Waals surface area contributed by atoms with Crippen molar-refractivity contribution in [2.24, 2.45) is 0 Å². The number of carboxylic acid groups (broad SMARTS) is 1. The third-order valence-corrected chi connectivity index (χ3v) is 7.22. The minimum Gasteiger partial charge on any atom is -0.478 e. The van der Waals surface area contributed by atoms with Crippen LogP contribution >= 0.6 is 11.3 Å². The number of amides is 1. The number of rotatable bonds is 3. The number of aryl methyl sites for hydroxylation is 1. The number of likely N-dealkylation sites (tertiary alicyclic amines) is 1. The van der Waals surface area contributed by atoms with Gasteiger partial charge in [0.25, 0.3) is 0 Å². The molecule has 35 heavy (non-hydrogen) atoms. The highest BCUT2D eigenvalue weighted by atomic mass is 32.1. The molecule has 0 spiro atoms. The van der Waals surface area contributed by atoms with E-state index in [0.29, 0.717) is 28.3 Å². The summed E-state index contributed by atoms with van der Waals surface area (Å²) in [5.41, 5.74) is 2.76. The molecule has 2 aromatic carbocycles. The van der Waals surface area contributed by atoms with Crippen molar-refractivity contribution >= 4 is 38.6 Å². The van der Waals surface area contributed by atoms with Crippen LogP contribution in [0.1, 0.15) is 61.1 Å². The van der Waals surface area contributed by atoms with Gasteiger partial charge in [-0.25, -0.2) is 19.0 Å². The maximum Gasteiger partial charge on any atom is 0.410 e. The minimum absolute atomic E-state index is 0.228. The fraction of sp³-hybridized carbons (Fsp3) is 0.346. The molecule has 0 radical (unpaired) electrons. The molecule has 0 saturated carbocycles. The van der Waals surface area contributed by atoms with E-state index >= 15 is 4.39 Å². The zero-order chi connectivity index (χ0) is 25.1. The fourth-order valence-corrected chi connectivity index (χ4v) is 5.64. The molecule has 1 fully saturated rings. The number of benzene rings is 2. The lowest BCUT2D eigenvalue weighted by molar-refractivity contribution is 0.0224. The third-order valence-electron chi connectivity index (χ3n) is 6.21. The number of hydrogen-bond donors (Lipinski definition) is 1. The lowest BCUT2D eigenvalue weighted by Gasteiger charge is -2.29. The Morgan fingerprint density at radius 2 is 2.00 bits per heavy atom. The number of fused-ring (bicyclic) bond motifs is 3. The molecular weight excluding hydrogens is 469 g/mol. The third kappa shape index (κ3) is 4.25. The van der Waals surface area contributed by atoms with Gasteiger partial charge >= 0.3 is 12.1 Å². The second-order valence-corrected chi connectivity index (χ2v) is 10.9. The minimum atomic E-state index is -0.967. The molecule has 3 heterocycles. The maximum atomic E-state index is 15.3. The first-order chi connectivity index (χ1) is 16.5. The Hall–Kier alpha value is -3.46. The van der Waals surface area contributed by atoms with Gasteiger partial charge in [0.2, 0.25) is 0 Å². The average molecular weight is 496 g/mol. The molecule has 7 nitrogen and oxygen atoms in total. The monoisotopic (exact) mass is 495 g/mol. The Morgan fingerprint density at radius 3 is 2.69 bits per heavy atom. The van der Waals surface area contributed by atoms with E-state index in [2.05, 4.69) is 4.98 Å². The molecule has 5 rings (SSSR count). The number of aromatic carboxylic acids is 1. The SMILES string of the molecule is Cc1cc2c(cc1C(=O)O)sc1nc(-c3ccc([C@@H]4CCCN4C(=O)OC(C)(C)C)cc3F)cn12. The largest absolute Gasteiger partial charge is 0.478 e. The van der Waals surface area contributed by atoms with Crippen LogP contribution in [0.4, 0.5) is 9.18 Å². The molecule has 4 aromatic rings. The molecule has 0 bridgehead atoms. The van der Waals surface area contributed by atoms with Crippen molar-refractivity contribution in [2.75, 3.05) is 6.54 Å². The maximum absolute atomic E-state index is 15.3. The van der Waals surface area contributed by atoms with Crippen LogP contribution in [0, 0.1) is 12.7 Å². The van der Waals surface area contributed by atoms with Crippen molar-refractivity contribution in [1.82, 2.24) is 14.3 Å². The van der Waals surface area contributed by atoms with Gasteiger partial charge in [-0.2, -0.15) is 0 Å². The number of halogens is 1. The number of nitrogens with zero attached hydrogens (tertiary/aromatic N) is 3. The molecule has 1 amide bonds. The van der Waals surface area contributed by atoms with Crippen LogP contribution in [0.25, 0.3) is 26.4 Å². The van der Waals surface area contributed by atoms with Crippen LogP contribution in [0.2, 0.25) is 0 Å². The Bertz CT molecular complexity index is 1480. The lowest BCUT2D eigenvalue weighted by Crippen LogP contribution is -2.36. The van der Waals surface area contributed by atoms with Gasteiger partial charge in [0.1, 0.15) is 11.4 Å². The lowest BCUT2D eigenvalue weighted by atomic mass is 10.0. The number of carbonyl (C=O) groups is 2. The first-order valence-corrected chi connectivity index (χ1v) is 12.3. The average Bonchev–Trinajstić information content (AvgIpc) is 3.46. The van der Waals surface area contributed by atoms with Crippen molar-refractivity contribution < 1.29 is 23.8 Å². The Labute approximate surface area is 205 Å². The second kappa shape index (κ2) is 8.34. The van der Waals surface area contributed by atoms with E-state index in [4.69, 9.17) is 4.74 Å². The van der Waals surface area contributed by atoms with Crippen LogP contribution in [-0.4, -0.2) is 43.6 Å². The van der Waals surface area contributed by atoms with Crippen LogP contribution in [0.15, 0.2) is 36.5 Å². The zero-order valence-electron chi connectivity index (χ0n) is 20.0. The number of ether oxygens (including phenoxy) is 1. The summed E-state index contributed by atoms with van der Waals surface area (Å²) in [6.07, 6.45) is 2.98.